The number of aryl methyl sites for hydroxylation is 2. The van der Waals surface area contributed by atoms with E-state index in [0.29, 0.717) is 16.2 Å². The van der Waals surface area contributed by atoms with Crippen LogP contribution in [-0.4, -0.2) is 18.6 Å². The zero-order valence-electron chi connectivity index (χ0n) is 10.3. The van der Waals surface area contributed by atoms with Gasteiger partial charge in [0.2, 0.25) is 0 Å². The molecule has 0 amide bonds. The highest BCUT2D eigenvalue weighted by molar-refractivity contribution is 7.90. The minimum Gasteiger partial charge on any atom is -0.223 e. The molecule has 0 saturated heterocycles. The van der Waals surface area contributed by atoms with Gasteiger partial charge in [0, 0.05) is 6.20 Å². The maximum atomic E-state index is 12.2. The summed E-state index contributed by atoms with van der Waals surface area (Å²) < 4.78 is 24.4. The molecule has 0 bridgehead atoms. The van der Waals surface area contributed by atoms with Gasteiger partial charge in [0.25, 0.3) is 0 Å². The van der Waals surface area contributed by atoms with Crippen molar-refractivity contribution in [3.63, 3.8) is 0 Å². The molecule has 4 nitrogen and oxygen atoms in total. The summed E-state index contributed by atoms with van der Waals surface area (Å²) in [6.07, 6.45) is 1.51. The predicted molar refractivity (Wildman–Crippen MR) is 68.8 cm³/mol. The lowest BCUT2D eigenvalue weighted by Gasteiger charge is -2.06. The Hall–Kier alpha value is -1.75. The Kier molecular flexibility index (Phi) is 3.43. The van der Waals surface area contributed by atoms with Crippen LogP contribution in [0.2, 0.25) is 0 Å². The molecule has 0 atom stereocenters. The molecule has 1 heterocycles. The third kappa shape index (κ3) is 2.73. The smallest absolute Gasteiger partial charge is 0.182 e. The van der Waals surface area contributed by atoms with Crippen LogP contribution in [-0.2, 0) is 15.6 Å². The number of benzene rings is 1. The first-order chi connectivity index (χ1) is 8.49. The van der Waals surface area contributed by atoms with Gasteiger partial charge in [0.1, 0.15) is 0 Å². The third-order valence-corrected chi connectivity index (χ3v) is 4.42. The molecule has 0 aliphatic carbocycles. The topological polar surface area (TPSA) is 59.9 Å². The van der Waals surface area contributed by atoms with E-state index in [9.17, 15) is 8.42 Å². The van der Waals surface area contributed by atoms with Crippen molar-refractivity contribution >= 4 is 9.84 Å². The summed E-state index contributed by atoms with van der Waals surface area (Å²) in [5, 5.41) is 7.57. The zero-order chi connectivity index (χ0) is 13.2. The summed E-state index contributed by atoms with van der Waals surface area (Å²) in [6, 6.07) is 8.55. The molecule has 5 heteroatoms. The average Bonchev–Trinajstić information content (AvgIpc) is 2.32. The molecule has 0 aliphatic heterocycles. The van der Waals surface area contributed by atoms with Gasteiger partial charge >= 0.3 is 0 Å². The molecule has 18 heavy (non-hydrogen) atoms. The highest BCUT2D eigenvalue weighted by Gasteiger charge is 2.16. The molecule has 0 unspecified atom stereocenters. The van der Waals surface area contributed by atoms with E-state index in [0.717, 1.165) is 5.56 Å². The van der Waals surface area contributed by atoms with Crippen LogP contribution in [0.1, 0.15) is 16.8 Å². The Labute approximate surface area is 107 Å². The van der Waals surface area contributed by atoms with Crippen LogP contribution in [0.25, 0.3) is 0 Å². The zero-order valence-corrected chi connectivity index (χ0v) is 11.1. The largest absolute Gasteiger partial charge is 0.223 e. The van der Waals surface area contributed by atoms with E-state index < -0.39 is 9.84 Å². The molecule has 0 radical (unpaired) electrons. The Morgan fingerprint density at radius 2 is 1.72 bits per heavy atom. The van der Waals surface area contributed by atoms with Crippen LogP contribution < -0.4 is 0 Å². The molecule has 2 rings (SSSR count). The summed E-state index contributed by atoms with van der Waals surface area (Å²) in [5.74, 6) is -0.0442. The Morgan fingerprint density at radius 1 is 1.06 bits per heavy atom. The molecule has 1 aromatic heterocycles. The molecule has 0 fully saturated rings. The summed E-state index contributed by atoms with van der Waals surface area (Å²) in [6.45, 7) is 3.68. The van der Waals surface area contributed by atoms with Crippen molar-refractivity contribution < 1.29 is 8.42 Å². The van der Waals surface area contributed by atoms with Gasteiger partial charge in [-0.25, -0.2) is 8.42 Å². The fourth-order valence-corrected chi connectivity index (χ4v) is 3.05. The van der Waals surface area contributed by atoms with Gasteiger partial charge in [-0.15, -0.1) is 0 Å². The van der Waals surface area contributed by atoms with Crippen LogP contribution in [0.4, 0.5) is 0 Å². The average molecular weight is 262 g/mol. The van der Waals surface area contributed by atoms with Crippen LogP contribution in [0.3, 0.4) is 0 Å². The minimum atomic E-state index is -3.32. The number of rotatable bonds is 3. The van der Waals surface area contributed by atoms with E-state index >= 15 is 0 Å². The Bertz CT molecular complexity index is 649. The van der Waals surface area contributed by atoms with E-state index in [1.54, 1.807) is 37.3 Å². The molecule has 1 aromatic carbocycles. The Morgan fingerprint density at radius 3 is 2.33 bits per heavy atom. The van der Waals surface area contributed by atoms with Gasteiger partial charge in [0.15, 0.2) is 9.84 Å². The number of aromatic nitrogens is 2. The summed E-state index contributed by atoms with van der Waals surface area (Å²) in [5.41, 5.74) is 2.37. The second-order valence-electron chi connectivity index (χ2n) is 4.21. The van der Waals surface area contributed by atoms with E-state index in [2.05, 4.69) is 10.2 Å². The van der Waals surface area contributed by atoms with Gasteiger partial charge in [0.05, 0.1) is 16.3 Å². The van der Waals surface area contributed by atoms with Crippen LogP contribution in [0, 0.1) is 13.8 Å². The molecule has 0 saturated carbocycles. The first kappa shape index (κ1) is 12.7. The lowest BCUT2D eigenvalue weighted by molar-refractivity contribution is 0.595. The molecular weight excluding hydrogens is 248 g/mol. The highest BCUT2D eigenvalue weighted by atomic mass is 32.2. The summed E-state index contributed by atoms with van der Waals surface area (Å²) in [4.78, 5) is 0.337. The monoisotopic (exact) mass is 262 g/mol. The van der Waals surface area contributed by atoms with Crippen molar-refractivity contribution in [2.45, 2.75) is 24.5 Å². The Balaban J connectivity index is 2.33. The lowest BCUT2D eigenvalue weighted by Crippen LogP contribution is -2.07. The fourth-order valence-electron chi connectivity index (χ4n) is 1.61. The molecule has 0 N–H and O–H groups in total. The molecular formula is C13H14N2O2S. The molecule has 0 spiro atoms. The lowest BCUT2D eigenvalue weighted by atomic mass is 10.2. The van der Waals surface area contributed by atoms with E-state index in [1.807, 2.05) is 6.92 Å². The van der Waals surface area contributed by atoms with Crippen LogP contribution >= 0.6 is 0 Å². The van der Waals surface area contributed by atoms with E-state index in [-0.39, 0.29) is 5.75 Å². The number of hydrogen-bond acceptors (Lipinski definition) is 4. The second kappa shape index (κ2) is 4.86. The quantitative estimate of drug-likeness (QED) is 0.849. The summed E-state index contributed by atoms with van der Waals surface area (Å²) in [7, 11) is -3.32. The van der Waals surface area contributed by atoms with Crippen molar-refractivity contribution in [2.24, 2.45) is 0 Å². The number of nitrogens with zero attached hydrogens (tertiary/aromatic N) is 2. The van der Waals surface area contributed by atoms with Gasteiger partial charge < -0.3 is 0 Å². The van der Waals surface area contributed by atoms with Crippen molar-refractivity contribution in [3.8, 4) is 0 Å². The fraction of sp³-hybridized carbons (Fsp3) is 0.231. The number of hydrogen-bond donors (Lipinski definition) is 0. The molecule has 0 aliphatic rings. The number of sulfone groups is 1. The molecule has 2 aromatic rings. The maximum absolute atomic E-state index is 12.2. The third-order valence-electron chi connectivity index (χ3n) is 2.74. The standard InChI is InChI=1S/C13H14N2O2S/c1-10-3-5-13(6-4-10)18(16,17)9-12-7-8-14-15-11(12)2/h3-8H,9H2,1-2H3. The summed E-state index contributed by atoms with van der Waals surface area (Å²) >= 11 is 0. The van der Waals surface area contributed by atoms with Gasteiger partial charge in [-0.05, 0) is 37.6 Å². The van der Waals surface area contributed by atoms with Crippen molar-refractivity contribution in [2.75, 3.05) is 0 Å². The maximum Gasteiger partial charge on any atom is 0.182 e. The van der Waals surface area contributed by atoms with E-state index in [4.69, 9.17) is 0 Å². The SMILES string of the molecule is Cc1ccc(S(=O)(=O)Cc2ccnnc2C)cc1. The minimum absolute atomic E-state index is 0.0442. The van der Waals surface area contributed by atoms with Gasteiger partial charge in [-0.3, -0.25) is 0 Å². The van der Waals surface area contributed by atoms with E-state index in [1.165, 1.54) is 6.20 Å². The second-order valence-corrected chi connectivity index (χ2v) is 6.20. The normalized spacial score (nSPS) is 11.4. The van der Waals surface area contributed by atoms with Crippen LogP contribution in [0.5, 0.6) is 0 Å². The van der Waals surface area contributed by atoms with Crippen LogP contribution in [0.15, 0.2) is 41.4 Å². The van der Waals surface area contributed by atoms with Gasteiger partial charge in [-0.2, -0.15) is 10.2 Å². The predicted octanol–water partition coefficient (Wildman–Crippen LogP) is 2.07. The van der Waals surface area contributed by atoms with Gasteiger partial charge in [-0.1, -0.05) is 17.7 Å². The van der Waals surface area contributed by atoms with Crippen molar-refractivity contribution in [3.05, 3.63) is 53.3 Å². The first-order valence-corrected chi connectivity index (χ1v) is 7.21. The highest BCUT2D eigenvalue weighted by Crippen LogP contribution is 2.17. The van der Waals surface area contributed by atoms with Crippen molar-refractivity contribution in [1.82, 2.24) is 10.2 Å². The first-order valence-electron chi connectivity index (χ1n) is 5.55. The molecule has 94 valence electrons. The van der Waals surface area contributed by atoms with Crippen molar-refractivity contribution in [1.29, 1.82) is 0 Å².